The minimum absolute atomic E-state index is 0.150. The van der Waals surface area contributed by atoms with Crippen LogP contribution in [0.1, 0.15) is 31.7 Å². The molecule has 84 valence electrons. The molecule has 0 bridgehead atoms. The van der Waals surface area contributed by atoms with Gasteiger partial charge in [0.05, 0.1) is 6.33 Å². The van der Waals surface area contributed by atoms with E-state index in [2.05, 4.69) is 15.0 Å². The topological polar surface area (TPSA) is 89.6 Å². The predicted octanol–water partition coefficient (Wildman–Crippen LogP) is 0.817. The molecule has 1 aliphatic rings. The van der Waals surface area contributed by atoms with Crippen LogP contribution in [0.15, 0.2) is 11.1 Å². The highest BCUT2D eigenvalue weighted by atomic mass is 16.1. The lowest BCUT2D eigenvalue weighted by Gasteiger charge is -2.10. The molecule has 1 fully saturated rings. The molecule has 2 aromatic heterocycles. The first kappa shape index (κ1) is 9.38. The van der Waals surface area contributed by atoms with Crippen molar-refractivity contribution < 1.29 is 0 Å². The minimum Gasteiger partial charge on any atom is -0.369 e. The van der Waals surface area contributed by atoms with Crippen LogP contribution >= 0.6 is 0 Å². The number of nitrogen functional groups attached to an aromatic ring is 1. The average Bonchev–Trinajstić information content (AvgIpc) is 2.83. The normalized spacial score (nSPS) is 17.2. The SMILES string of the molecule is Nc1nc2c(ncn2C2CCCC2)c(=O)[nH]1. The van der Waals surface area contributed by atoms with Gasteiger partial charge in [0.2, 0.25) is 5.95 Å². The zero-order valence-corrected chi connectivity index (χ0v) is 8.81. The van der Waals surface area contributed by atoms with E-state index in [4.69, 9.17) is 5.73 Å². The fraction of sp³-hybridized carbons (Fsp3) is 0.500. The standard InChI is InChI=1S/C10H13N5O/c11-10-13-8-7(9(16)14-10)12-5-15(8)6-3-1-2-4-6/h5-6H,1-4H2,(H3,11,13,14,16). The summed E-state index contributed by atoms with van der Waals surface area (Å²) < 4.78 is 1.98. The van der Waals surface area contributed by atoms with E-state index in [1.807, 2.05) is 4.57 Å². The van der Waals surface area contributed by atoms with Gasteiger partial charge < -0.3 is 10.3 Å². The third-order valence-electron chi connectivity index (χ3n) is 3.17. The minimum atomic E-state index is -0.265. The van der Waals surface area contributed by atoms with Gasteiger partial charge in [-0.15, -0.1) is 0 Å². The Kier molecular flexibility index (Phi) is 1.95. The molecule has 0 unspecified atom stereocenters. The van der Waals surface area contributed by atoms with Crippen LogP contribution in [-0.4, -0.2) is 19.5 Å². The highest BCUT2D eigenvalue weighted by Gasteiger charge is 2.20. The van der Waals surface area contributed by atoms with Gasteiger partial charge in [-0.2, -0.15) is 4.98 Å². The summed E-state index contributed by atoms with van der Waals surface area (Å²) in [7, 11) is 0. The van der Waals surface area contributed by atoms with Crippen molar-refractivity contribution in [1.29, 1.82) is 0 Å². The Bertz CT molecular complexity index is 578. The molecular formula is C10H13N5O. The molecule has 2 heterocycles. The number of anilines is 1. The molecule has 0 amide bonds. The van der Waals surface area contributed by atoms with E-state index in [0.717, 1.165) is 12.8 Å². The van der Waals surface area contributed by atoms with Crippen molar-refractivity contribution >= 4 is 17.1 Å². The number of nitrogens with two attached hydrogens (primary N) is 1. The van der Waals surface area contributed by atoms with Gasteiger partial charge in [-0.05, 0) is 12.8 Å². The van der Waals surface area contributed by atoms with Crippen LogP contribution in [0.2, 0.25) is 0 Å². The second-order valence-electron chi connectivity index (χ2n) is 4.21. The van der Waals surface area contributed by atoms with Crippen molar-refractivity contribution in [2.75, 3.05) is 5.73 Å². The van der Waals surface area contributed by atoms with E-state index in [-0.39, 0.29) is 11.5 Å². The van der Waals surface area contributed by atoms with Gasteiger partial charge in [0.15, 0.2) is 11.2 Å². The van der Waals surface area contributed by atoms with E-state index in [0.29, 0.717) is 17.2 Å². The number of nitrogens with zero attached hydrogens (tertiary/aromatic N) is 3. The summed E-state index contributed by atoms with van der Waals surface area (Å²) in [6.45, 7) is 0. The molecule has 0 atom stereocenters. The lowest BCUT2D eigenvalue weighted by molar-refractivity contribution is 0.529. The third kappa shape index (κ3) is 1.30. The fourth-order valence-corrected chi connectivity index (χ4v) is 2.39. The maximum atomic E-state index is 11.6. The van der Waals surface area contributed by atoms with E-state index >= 15 is 0 Å². The maximum Gasteiger partial charge on any atom is 0.280 e. The zero-order chi connectivity index (χ0) is 11.1. The molecule has 0 radical (unpaired) electrons. The number of hydrogen-bond donors (Lipinski definition) is 2. The van der Waals surface area contributed by atoms with Gasteiger partial charge in [-0.1, -0.05) is 12.8 Å². The van der Waals surface area contributed by atoms with Crippen LogP contribution < -0.4 is 11.3 Å². The van der Waals surface area contributed by atoms with Gasteiger partial charge in [0.25, 0.3) is 5.56 Å². The van der Waals surface area contributed by atoms with Crippen LogP contribution in [0.25, 0.3) is 11.2 Å². The van der Waals surface area contributed by atoms with Crippen LogP contribution in [-0.2, 0) is 0 Å². The van der Waals surface area contributed by atoms with Crippen molar-refractivity contribution in [3.8, 4) is 0 Å². The number of imidazole rings is 1. The van der Waals surface area contributed by atoms with Crippen LogP contribution in [0, 0.1) is 0 Å². The third-order valence-corrected chi connectivity index (χ3v) is 3.17. The Labute approximate surface area is 91.5 Å². The average molecular weight is 219 g/mol. The molecule has 2 aromatic rings. The van der Waals surface area contributed by atoms with Crippen molar-refractivity contribution in [3.63, 3.8) is 0 Å². The molecule has 6 heteroatoms. The first-order chi connectivity index (χ1) is 7.75. The van der Waals surface area contributed by atoms with Gasteiger partial charge in [0.1, 0.15) is 0 Å². The fourth-order valence-electron chi connectivity index (χ4n) is 2.39. The van der Waals surface area contributed by atoms with Gasteiger partial charge >= 0.3 is 0 Å². The number of aromatic amines is 1. The molecule has 1 aliphatic carbocycles. The Morgan fingerprint density at radius 1 is 1.44 bits per heavy atom. The van der Waals surface area contributed by atoms with E-state index in [9.17, 15) is 4.79 Å². The molecule has 0 aliphatic heterocycles. The van der Waals surface area contributed by atoms with E-state index in [1.54, 1.807) is 6.33 Å². The summed E-state index contributed by atoms with van der Waals surface area (Å²) in [5.41, 5.74) is 6.26. The van der Waals surface area contributed by atoms with Crippen molar-refractivity contribution in [1.82, 2.24) is 19.5 Å². The molecule has 6 nitrogen and oxygen atoms in total. The summed E-state index contributed by atoms with van der Waals surface area (Å²) in [5.74, 6) is 0.150. The Morgan fingerprint density at radius 3 is 2.94 bits per heavy atom. The molecule has 1 saturated carbocycles. The first-order valence-corrected chi connectivity index (χ1v) is 5.48. The lowest BCUT2D eigenvalue weighted by Crippen LogP contribution is -2.13. The summed E-state index contributed by atoms with van der Waals surface area (Å²) in [4.78, 5) is 22.3. The predicted molar refractivity (Wildman–Crippen MR) is 60.1 cm³/mol. The monoisotopic (exact) mass is 219 g/mol. The highest BCUT2D eigenvalue weighted by molar-refractivity contribution is 5.70. The Balaban J connectivity index is 2.22. The molecule has 0 aromatic carbocycles. The number of fused-ring (bicyclic) bond motifs is 1. The molecule has 3 rings (SSSR count). The van der Waals surface area contributed by atoms with Gasteiger partial charge in [-0.3, -0.25) is 9.78 Å². The summed E-state index contributed by atoms with van der Waals surface area (Å²) >= 11 is 0. The van der Waals surface area contributed by atoms with Crippen LogP contribution in [0.4, 0.5) is 5.95 Å². The maximum absolute atomic E-state index is 11.6. The van der Waals surface area contributed by atoms with Gasteiger partial charge in [-0.25, -0.2) is 4.98 Å². The van der Waals surface area contributed by atoms with E-state index < -0.39 is 0 Å². The first-order valence-electron chi connectivity index (χ1n) is 5.48. The Morgan fingerprint density at radius 2 is 2.19 bits per heavy atom. The smallest absolute Gasteiger partial charge is 0.280 e. The Hall–Kier alpha value is -1.85. The molecule has 16 heavy (non-hydrogen) atoms. The number of H-pyrrole nitrogens is 1. The van der Waals surface area contributed by atoms with Crippen LogP contribution in [0.3, 0.4) is 0 Å². The van der Waals surface area contributed by atoms with Crippen molar-refractivity contribution in [2.45, 2.75) is 31.7 Å². The van der Waals surface area contributed by atoms with Crippen molar-refractivity contribution in [3.05, 3.63) is 16.7 Å². The lowest BCUT2D eigenvalue weighted by atomic mass is 10.2. The number of nitrogens with one attached hydrogen (secondary N) is 1. The number of rotatable bonds is 1. The number of hydrogen-bond acceptors (Lipinski definition) is 4. The highest BCUT2D eigenvalue weighted by Crippen LogP contribution is 2.30. The molecular weight excluding hydrogens is 206 g/mol. The van der Waals surface area contributed by atoms with Gasteiger partial charge in [0, 0.05) is 6.04 Å². The number of aromatic nitrogens is 4. The second kappa shape index (κ2) is 3.33. The van der Waals surface area contributed by atoms with Crippen molar-refractivity contribution in [2.24, 2.45) is 0 Å². The zero-order valence-electron chi connectivity index (χ0n) is 8.81. The molecule has 0 spiro atoms. The summed E-state index contributed by atoms with van der Waals surface area (Å²) in [5, 5.41) is 0. The quantitative estimate of drug-likeness (QED) is 0.742. The molecule has 3 N–H and O–H groups in total. The second-order valence-corrected chi connectivity index (χ2v) is 4.21. The summed E-state index contributed by atoms with van der Waals surface area (Å²) in [6.07, 6.45) is 6.40. The van der Waals surface area contributed by atoms with Crippen LogP contribution in [0.5, 0.6) is 0 Å². The summed E-state index contributed by atoms with van der Waals surface area (Å²) in [6, 6.07) is 0.415. The molecule has 0 saturated heterocycles. The largest absolute Gasteiger partial charge is 0.369 e. The van der Waals surface area contributed by atoms with E-state index in [1.165, 1.54) is 12.8 Å².